The molecule has 1 aliphatic rings. The van der Waals surface area contributed by atoms with Gasteiger partial charge in [-0.15, -0.1) is 0 Å². The van der Waals surface area contributed by atoms with Crippen LogP contribution in [0.15, 0.2) is 24.3 Å². The van der Waals surface area contributed by atoms with Gasteiger partial charge in [0.05, 0.1) is 6.54 Å². The largest absolute Gasteiger partial charge is 0.325 e. The Kier molecular flexibility index (Phi) is 6.17. The van der Waals surface area contributed by atoms with Crippen molar-refractivity contribution in [1.29, 1.82) is 0 Å². The molecule has 5 nitrogen and oxygen atoms in total. The lowest BCUT2D eigenvalue weighted by Gasteiger charge is -2.28. The molecule has 1 saturated heterocycles. The Bertz CT molecular complexity index is 457. The summed E-state index contributed by atoms with van der Waals surface area (Å²) in [5.74, 6) is 0.0448. The molecule has 1 aromatic rings. The number of nitrogens with zero attached hydrogens (tertiary/aromatic N) is 2. The van der Waals surface area contributed by atoms with E-state index in [-0.39, 0.29) is 5.91 Å². The summed E-state index contributed by atoms with van der Waals surface area (Å²) in [6.07, 6.45) is 0. The van der Waals surface area contributed by atoms with Crippen molar-refractivity contribution in [2.45, 2.75) is 6.92 Å². The molecule has 1 fully saturated rings. The minimum absolute atomic E-state index is 0.0448. The summed E-state index contributed by atoms with van der Waals surface area (Å²) in [5.41, 5.74) is 2.02. The van der Waals surface area contributed by atoms with Gasteiger partial charge in [-0.1, -0.05) is 12.1 Å². The number of hydrogen-bond acceptors (Lipinski definition) is 4. The monoisotopic (exact) mass is 290 g/mol. The Hall–Kier alpha value is -1.43. The van der Waals surface area contributed by atoms with Crippen molar-refractivity contribution in [2.75, 3.05) is 58.2 Å². The number of nitrogens with one attached hydrogen (secondary N) is 2. The lowest BCUT2D eigenvalue weighted by molar-refractivity contribution is -0.117. The number of carbonyl (C=O) groups excluding carboxylic acids is 1. The van der Waals surface area contributed by atoms with Gasteiger partial charge < -0.3 is 10.6 Å². The number of benzene rings is 1. The summed E-state index contributed by atoms with van der Waals surface area (Å²) >= 11 is 0. The van der Waals surface area contributed by atoms with Crippen LogP contribution in [0.3, 0.4) is 0 Å². The SMILES string of the molecule is Cc1cccc(NC(=O)CN(C)CCN2CCNCC2)c1. The van der Waals surface area contributed by atoms with Crippen LogP contribution in [0.25, 0.3) is 0 Å². The first kappa shape index (κ1) is 15.9. The van der Waals surface area contributed by atoms with E-state index in [2.05, 4.69) is 20.4 Å². The number of piperazine rings is 1. The molecule has 0 aliphatic carbocycles. The fourth-order valence-corrected chi connectivity index (χ4v) is 2.49. The molecule has 0 bridgehead atoms. The highest BCUT2D eigenvalue weighted by Crippen LogP contribution is 2.09. The first-order chi connectivity index (χ1) is 10.1. The Labute approximate surface area is 127 Å². The maximum atomic E-state index is 12.0. The lowest BCUT2D eigenvalue weighted by Crippen LogP contribution is -2.46. The minimum atomic E-state index is 0.0448. The molecule has 2 N–H and O–H groups in total. The number of aryl methyl sites for hydroxylation is 1. The lowest BCUT2D eigenvalue weighted by atomic mass is 10.2. The second-order valence-electron chi connectivity index (χ2n) is 5.75. The van der Waals surface area contributed by atoms with E-state index in [0.29, 0.717) is 6.54 Å². The van der Waals surface area contributed by atoms with E-state index in [0.717, 1.165) is 50.5 Å². The van der Waals surface area contributed by atoms with Crippen molar-refractivity contribution in [3.8, 4) is 0 Å². The average Bonchev–Trinajstić information content (AvgIpc) is 2.46. The second kappa shape index (κ2) is 8.12. The third-order valence-electron chi connectivity index (χ3n) is 3.72. The van der Waals surface area contributed by atoms with Crippen LogP contribution in [-0.2, 0) is 4.79 Å². The summed E-state index contributed by atoms with van der Waals surface area (Å²) in [6, 6.07) is 7.89. The van der Waals surface area contributed by atoms with Gasteiger partial charge in [0.25, 0.3) is 0 Å². The van der Waals surface area contributed by atoms with Gasteiger partial charge in [0.2, 0.25) is 5.91 Å². The topological polar surface area (TPSA) is 47.6 Å². The molecule has 1 amide bonds. The number of hydrogen-bond donors (Lipinski definition) is 2. The third kappa shape index (κ3) is 5.83. The summed E-state index contributed by atoms with van der Waals surface area (Å²) in [6.45, 7) is 8.73. The fourth-order valence-electron chi connectivity index (χ4n) is 2.49. The number of carbonyl (C=O) groups is 1. The van der Waals surface area contributed by atoms with Crippen LogP contribution in [0, 0.1) is 6.92 Å². The first-order valence-electron chi connectivity index (χ1n) is 7.61. The standard InChI is InChI=1S/C16H26N4O/c1-14-4-3-5-15(12-14)18-16(21)13-19(2)10-11-20-8-6-17-7-9-20/h3-5,12,17H,6-11,13H2,1-2H3,(H,18,21). The first-order valence-corrected chi connectivity index (χ1v) is 7.61. The van der Waals surface area contributed by atoms with Gasteiger partial charge in [0.15, 0.2) is 0 Å². The van der Waals surface area contributed by atoms with E-state index < -0.39 is 0 Å². The van der Waals surface area contributed by atoms with E-state index in [4.69, 9.17) is 0 Å². The molecule has 2 rings (SSSR count). The zero-order valence-corrected chi connectivity index (χ0v) is 13.1. The molecular weight excluding hydrogens is 264 g/mol. The summed E-state index contributed by atoms with van der Waals surface area (Å²) in [5, 5.41) is 6.29. The van der Waals surface area contributed by atoms with Gasteiger partial charge in [-0.2, -0.15) is 0 Å². The number of rotatable bonds is 6. The molecule has 0 atom stereocenters. The van der Waals surface area contributed by atoms with E-state index >= 15 is 0 Å². The van der Waals surface area contributed by atoms with Gasteiger partial charge in [-0.3, -0.25) is 14.6 Å². The van der Waals surface area contributed by atoms with Gasteiger partial charge >= 0.3 is 0 Å². The molecular formula is C16H26N4O. The molecule has 21 heavy (non-hydrogen) atoms. The van der Waals surface area contributed by atoms with Crippen LogP contribution in [0.4, 0.5) is 5.69 Å². The van der Waals surface area contributed by atoms with E-state index in [9.17, 15) is 4.79 Å². The van der Waals surface area contributed by atoms with Crippen LogP contribution >= 0.6 is 0 Å². The fraction of sp³-hybridized carbons (Fsp3) is 0.562. The zero-order chi connectivity index (χ0) is 15.1. The maximum Gasteiger partial charge on any atom is 0.238 e. The summed E-state index contributed by atoms with van der Waals surface area (Å²) in [7, 11) is 2.00. The molecule has 116 valence electrons. The quantitative estimate of drug-likeness (QED) is 0.812. The molecule has 0 unspecified atom stereocenters. The number of amides is 1. The molecule has 0 aromatic heterocycles. The average molecular weight is 290 g/mol. The highest BCUT2D eigenvalue weighted by molar-refractivity contribution is 5.92. The Morgan fingerprint density at radius 2 is 2.14 bits per heavy atom. The number of likely N-dealkylation sites (N-methyl/N-ethyl adjacent to an activating group) is 1. The summed E-state index contributed by atoms with van der Waals surface area (Å²) < 4.78 is 0. The van der Waals surface area contributed by atoms with Crippen LogP contribution in [0.1, 0.15) is 5.56 Å². The maximum absolute atomic E-state index is 12.0. The Morgan fingerprint density at radius 1 is 1.38 bits per heavy atom. The van der Waals surface area contributed by atoms with Crippen LogP contribution in [-0.4, -0.2) is 68.6 Å². The van der Waals surface area contributed by atoms with Crippen molar-refractivity contribution < 1.29 is 4.79 Å². The van der Waals surface area contributed by atoms with Crippen molar-refractivity contribution >= 4 is 11.6 Å². The Morgan fingerprint density at radius 3 is 2.86 bits per heavy atom. The molecule has 0 spiro atoms. The third-order valence-corrected chi connectivity index (χ3v) is 3.72. The van der Waals surface area contributed by atoms with Crippen LogP contribution in [0.2, 0.25) is 0 Å². The molecule has 0 radical (unpaired) electrons. The molecule has 0 saturated carbocycles. The van der Waals surface area contributed by atoms with Gasteiger partial charge in [0, 0.05) is 45.0 Å². The normalized spacial score (nSPS) is 16.1. The molecule has 1 heterocycles. The second-order valence-corrected chi connectivity index (χ2v) is 5.75. The van der Waals surface area contributed by atoms with Crippen molar-refractivity contribution in [3.63, 3.8) is 0 Å². The zero-order valence-electron chi connectivity index (χ0n) is 13.1. The predicted molar refractivity (Wildman–Crippen MR) is 86.6 cm³/mol. The van der Waals surface area contributed by atoms with Gasteiger partial charge in [0.1, 0.15) is 0 Å². The Balaban J connectivity index is 1.69. The van der Waals surface area contributed by atoms with Crippen LogP contribution < -0.4 is 10.6 Å². The predicted octanol–water partition coefficient (Wildman–Crippen LogP) is 0.771. The van der Waals surface area contributed by atoms with Crippen molar-refractivity contribution in [2.24, 2.45) is 0 Å². The minimum Gasteiger partial charge on any atom is -0.325 e. The molecule has 1 aliphatic heterocycles. The van der Waals surface area contributed by atoms with Gasteiger partial charge in [-0.25, -0.2) is 0 Å². The van der Waals surface area contributed by atoms with E-state index in [1.165, 1.54) is 0 Å². The molecule has 5 heteroatoms. The van der Waals surface area contributed by atoms with E-state index in [1.54, 1.807) is 0 Å². The van der Waals surface area contributed by atoms with Crippen LogP contribution in [0.5, 0.6) is 0 Å². The smallest absolute Gasteiger partial charge is 0.238 e. The van der Waals surface area contributed by atoms with Gasteiger partial charge in [-0.05, 0) is 31.7 Å². The number of anilines is 1. The summed E-state index contributed by atoms with van der Waals surface area (Å²) in [4.78, 5) is 16.5. The highest BCUT2D eigenvalue weighted by Gasteiger charge is 2.11. The van der Waals surface area contributed by atoms with Crippen molar-refractivity contribution in [1.82, 2.24) is 15.1 Å². The highest BCUT2D eigenvalue weighted by atomic mass is 16.2. The van der Waals surface area contributed by atoms with E-state index in [1.807, 2.05) is 38.2 Å². The molecule has 1 aromatic carbocycles. The van der Waals surface area contributed by atoms with Crippen molar-refractivity contribution in [3.05, 3.63) is 29.8 Å².